The summed E-state index contributed by atoms with van der Waals surface area (Å²) in [7, 11) is 2.30. The highest BCUT2D eigenvalue weighted by Crippen LogP contribution is 2.48. The minimum atomic E-state index is -0.246. The molecule has 5 unspecified atom stereocenters. The second-order valence-corrected chi connectivity index (χ2v) is 7.89. The molecule has 3 aliphatic rings. The molecule has 0 spiro atoms. The van der Waals surface area contributed by atoms with E-state index in [0.29, 0.717) is 6.04 Å². The van der Waals surface area contributed by atoms with Crippen molar-refractivity contribution in [1.82, 2.24) is 10.2 Å². The van der Waals surface area contributed by atoms with Crippen molar-refractivity contribution in [1.29, 1.82) is 5.26 Å². The zero-order chi connectivity index (χ0) is 14.9. The van der Waals surface area contributed by atoms with Crippen LogP contribution in [-0.2, 0) is 0 Å². The van der Waals surface area contributed by atoms with E-state index in [1.807, 2.05) is 0 Å². The van der Waals surface area contributed by atoms with Crippen LogP contribution < -0.4 is 5.32 Å². The Kier molecular flexibility index (Phi) is 4.57. The number of rotatable bonds is 6. The first-order valence-corrected chi connectivity index (χ1v) is 9.02. The molecule has 0 aromatic carbocycles. The number of hydrogen-bond donors (Lipinski definition) is 1. The van der Waals surface area contributed by atoms with Gasteiger partial charge in [0.25, 0.3) is 0 Å². The van der Waals surface area contributed by atoms with Gasteiger partial charge in [0.05, 0.1) is 6.07 Å². The fraction of sp³-hybridized carbons (Fsp3) is 0.944. The highest BCUT2D eigenvalue weighted by Gasteiger charge is 2.43. The molecule has 0 heterocycles. The van der Waals surface area contributed by atoms with E-state index in [1.165, 1.54) is 38.6 Å². The lowest BCUT2D eigenvalue weighted by Crippen LogP contribution is -2.44. The van der Waals surface area contributed by atoms with E-state index in [9.17, 15) is 5.26 Å². The van der Waals surface area contributed by atoms with Gasteiger partial charge in [0.2, 0.25) is 0 Å². The van der Waals surface area contributed by atoms with Crippen molar-refractivity contribution in [2.24, 2.45) is 17.8 Å². The fourth-order valence-corrected chi connectivity index (χ4v) is 5.18. The third-order valence-corrected chi connectivity index (χ3v) is 6.45. The molecule has 0 aliphatic heterocycles. The molecule has 1 N–H and O–H groups in total. The zero-order valence-electron chi connectivity index (χ0n) is 13.8. The highest BCUT2D eigenvalue weighted by molar-refractivity contribution is 5.13. The van der Waals surface area contributed by atoms with Crippen LogP contribution in [0, 0.1) is 29.1 Å². The average Bonchev–Trinajstić information content (AvgIpc) is 3.20. The molecule has 0 radical (unpaired) electrons. The third kappa shape index (κ3) is 3.12. The minimum absolute atomic E-state index is 0.246. The normalized spacial score (nSPS) is 41.8. The van der Waals surface area contributed by atoms with Crippen LogP contribution in [-0.4, -0.2) is 36.6 Å². The van der Waals surface area contributed by atoms with Gasteiger partial charge in [-0.1, -0.05) is 13.3 Å². The van der Waals surface area contributed by atoms with Gasteiger partial charge >= 0.3 is 0 Å². The first-order valence-electron chi connectivity index (χ1n) is 9.02. The van der Waals surface area contributed by atoms with Gasteiger partial charge in [0.1, 0.15) is 5.54 Å². The molecule has 0 saturated heterocycles. The van der Waals surface area contributed by atoms with Gasteiger partial charge in [-0.05, 0) is 76.3 Å². The Morgan fingerprint density at radius 1 is 1.29 bits per heavy atom. The molecule has 3 aliphatic carbocycles. The van der Waals surface area contributed by atoms with Gasteiger partial charge in [-0.15, -0.1) is 0 Å². The van der Waals surface area contributed by atoms with Crippen molar-refractivity contribution in [3.8, 4) is 6.07 Å². The average molecular weight is 289 g/mol. The van der Waals surface area contributed by atoms with E-state index in [2.05, 4.69) is 30.3 Å². The van der Waals surface area contributed by atoms with Gasteiger partial charge in [0, 0.05) is 12.6 Å². The van der Waals surface area contributed by atoms with Gasteiger partial charge in [0.15, 0.2) is 0 Å². The maximum Gasteiger partial charge on any atom is 0.108 e. The summed E-state index contributed by atoms with van der Waals surface area (Å²) in [5, 5.41) is 13.1. The molecule has 3 saturated carbocycles. The molecule has 0 aromatic rings. The molecule has 3 fully saturated rings. The summed E-state index contributed by atoms with van der Waals surface area (Å²) in [6.45, 7) is 4.41. The first-order chi connectivity index (χ1) is 10.2. The fourth-order valence-electron chi connectivity index (χ4n) is 5.18. The first kappa shape index (κ1) is 15.3. The Hall–Kier alpha value is -0.590. The monoisotopic (exact) mass is 289 g/mol. The summed E-state index contributed by atoms with van der Waals surface area (Å²) in [5.74, 6) is 2.99. The van der Waals surface area contributed by atoms with Crippen molar-refractivity contribution < 1.29 is 0 Å². The molecule has 118 valence electrons. The van der Waals surface area contributed by atoms with E-state index >= 15 is 0 Å². The summed E-state index contributed by atoms with van der Waals surface area (Å²) in [6, 6.07) is 3.18. The number of nitrogens with one attached hydrogen (secondary N) is 1. The van der Waals surface area contributed by atoms with Crippen LogP contribution in [0.3, 0.4) is 0 Å². The molecular formula is C18H31N3. The predicted octanol–water partition coefficient (Wildman–Crippen LogP) is 3.17. The lowest BCUT2D eigenvalue weighted by molar-refractivity contribution is 0.170. The van der Waals surface area contributed by atoms with Crippen LogP contribution in [0.25, 0.3) is 0 Å². The summed E-state index contributed by atoms with van der Waals surface area (Å²) < 4.78 is 0. The van der Waals surface area contributed by atoms with Crippen LogP contribution in [0.5, 0.6) is 0 Å². The molecule has 5 atom stereocenters. The van der Waals surface area contributed by atoms with Crippen LogP contribution in [0.1, 0.15) is 58.3 Å². The van der Waals surface area contributed by atoms with Gasteiger partial charge in [-0.3, -0.25) is 5.32 Å². The molecule has 3 heteroatoms. The van der Waals surface area contributed by atoms with Crippen LogP contribution >= 0.6 is 0 Å². The van der Waals surface area contributed by atoms with Crippen LogP contribution in [0.2, 0.25) is 0 Å². The number of nitrogens with zero attached hydrogens (tertiary/aromatic N) is 2. The van der Waals surface area contributed by atoms with Crippen molar-refractivity contribution in [2.75, 3.05) is 20.1 Å². The Bertz CT molecular complexity index is 402. The summed E-state index contributed by atoms with van der Waals surface area (Å²) in [5.41, 5.74) is -0.246. The topological polar surface area (TPSA) is 39.1 Å². The highest BCUT2D eigenvalue weighted by atomic mass is 15.2. The van der Waals surface area contributed by atoms with Gasteiger partial charge in [-0.25, -0.2) is 0 Å². The number of fused-ring (bicyclic) bond motifs is 2. The summed E-state index contributed by atoms with van der Waals surface area (Å²) in [6.07, 6.45) is 10.3. The lowest BCUT2D eigenvalue weighted by Gasteiger charge is -2.32. The molecule has 0 amide bonds. The maximum absolute atomic E-state index is 9.58. The van der Waals surface area contributed by atoms with Crippen molar-refractivity contribution in [2.45, 2.75) is 69.9 Å². The van der Waals surface area contributed by atoms with Crippen molar-refractivity contribution in [3.63, 3.8) is 0 Å². The second kappa shape index (κ2) is 6.26. The quantitative estimate of drug-likeness (QED) is 0.816. The minimum Gasteiger partial charge on any atom is -0.303 e. The Morgan fingerprint density at radius 2 is 2.14 bits per heavy atom. The SMILES string of the molecule is CCCNC1(C#N)CCC(N(C)CC2CC3CCC2C3)C1. The smallest absolute Gasteiger partial charge is 0.108 e. The maximum atomic E-state index is 9.58. The number of nitriles is 1. The summed E-state index contributed by atoms with van der Waals surface area (Å²) >= 11 is 0. The number of hydrogen-bond acceptors (Lipinski definition) is 3. The molecule has 2 bridgehead atoms. The van der Waals surface area contributed by atoms with E-state index in [-0.39, 0.29) is 5.54 Å². The molecular weight excluding hydrogens is 258 g/mol. The molecule has 3 nitrogen and oxygen atoms in total. The van der Waals surface area contributed by atoms with E-state index in [4.69, 9.17) is 0 Å². The van der Waals surface area contributed by atoms with E-state index in [0.717, 1.165) is 43.6 Å². The van der Waals surface area contributed by atoms with Crippen LogP contribution in [0.4, 0.5) is 0 Å². The largest absolute Gasteiger partial charge is 0.303 e. The standard InChI is InChI=1S/C18H31N3/c1-3-8-20-18(13-19)7-6-17(11-18)21(2)12-16-10-14-4-5-15(16)9-14/h14-17,20H,3-12H2,1-2H3. The third-order valence-electron chi connectivity index (χ3n) is 6.45. The zero-order valence-corrected chi connectivity index (χ0v) is 13.8. The Labute approximate surface area is 130 Å². The van der Waals surface area contributed by atoms with Crippen molar-refractivity contribution >= 4 is 0 Å². The second-order valence-electron chi connectivity index (χ2n) is 7.89. The van der Waals surface area contributed by atoms with E-state index < -0.39 is 0 Å². The molecule has 21 heavy (non-hydrogen) atoms. The Balaban J connectivity index is 1.52. The molecule has 3 rings (SSSR count). The van der Waals surface area contributed by atoms with Gasteiger partial charge < -0.3 is 4.90 Å². The van der Waals surface area contributed by atoms with Gasteiger partial charge in [-0.2, -0.15) is 5.26 Å². The van der Waals surface area contributed by atoms with Crippen LogP contribution in [0.15, 0.2) is 0 Å². The van der Waals surface area contributed by atoms with Crippen molar-refractivity contribution in [3.05, 3.63) is 0 Å². The lowest BCUT2D eigenvalue weighted by atomic mass is 9.88. The predicted molar refractivity (Wildman–Crippen MR) is 85.8 cm³/mol. The molecule has 0 aromatic heterocycles. The summed E-state index contributed by atoms with van der Waals surface area (Å²) in [4.78, 5) is 2.58. The van der Waals surface area contributed by atoms with E-state index in [1.54, 1.807) is 0 Å². The Morgan fingerprint density at radius 3 is 2.76 bits per heavy atom.